The minimum Gasteiger partial charge on any atom is -0.468 e. The maximum absolute atomic E-state index is 13.5. The van der Waals surface area contributed by atoms with Gasteiger partial charge in [0.1, 0.15) is 5.76 Å². The molecule has 1 aliphatic rings. The lowest BCUT2D eigenvalue weighted by Crippen LogP contribution is -2.41. The van der Waals surface area contributed by atoms with Gasteiger partial charge in [0.25, 0.3) is 0 Å². The second-order valence-electron chi connectivity index (χ2n) is 8.70. The molecule has 11 heteroatoms. The van der Waals surface area contributed by atoms with Crippen LogP contribution in [0.5, 0.6) is 0 Å². The van der Waals surface area contributed by atoms with E-state index in [0.717, 1.165) is 23.6 Å². The molecule has 0 radical (unpaired) electrons. The van der Waals surface area contributed by atoms with Crippen LogP contribution in [0.4, 0.5) is 5.69 Å². The molecule has 9 nitrogen and oxygen atoms in total. The van der Waals surface area contributed by atoms with Gasteiger partial charge in [-0.1, -0.05) is 24.6 Å². The Morgan fingerprint density at radius 2 is 1.67 bits per heavy atom. The molecule has 0 spiro atoms. The van der Waals surface area contributed by atoms with Gasteiger partial charge in [-0.15, -0.1) is 0 Å². The highest BCUT2D eigenvalue weighted by molar-refractivity contribution is 7.89. The highest BCUT2D eigenvalue weighted by Gasteiger charge is 2.32. The molecule has 3 aromatic rings. The molecule has 0 aliphatic carbocycles. The van der Waals surface area contributed by atoms with Crippen LogP contribution < -0.4 is 5.32 Å². The van der Waals surface area contributed by atoms with Gasteiger partial charge in [-0.05, 0) is 68.3 Å². The molecule has 1 fully saturated rings. The number of rotatable bonds is 9. The monoisotopic (exact) mass is 531 g/mol. The SMILES string of the molecule is C[C@H]1CCCCN1S(=O)(=O)c1ccc(S(=O)(=O)N(CC(=O)Nc2ccccc2)Cc2ccco2)cc1. The number of anilines is 1. The molecule has 0 saturated carbocycles. The minimum absolute atomic E-state index is 0.0367. The van der Waals surface area contributed by atoms with Crippen LogP contribution in [0.15, 0.2) is 87.2 Å². The molecule has 1 aromatic heterocycles. The van der Waals surface area contributed by atoms with Crippen molar-refractivity contribution in [3.05, 3.63) is 78.8 Å². The average molecular weight is 532 g/mol. The van der Waals surface area contributed by atoms with E-state index in [2.05, 4.69) is 5.32 Å². The third kappa shape index (κ3) is 5.86. The van der Waals surface area contributed by atoms with E-state index >= 15 is 0 Å². The summed E-state index contributed by atoms with van der Waals surface area (Å²) in [5.41, 5.74) is 0.541. The molecule has 192 valence electrons. The van der Waals surface area contributed by atoms with Crippen molar-refractivity contribution in [3.63, 3.8) is 0 Å². The molecule has 1 N–H and O–H groups in total. The number of hydrogen-bond acceptors (Lipinski definition) is 6. The number of amides is 1. The van der Waals surface area contributed by atoms with Crippen molar-refractivity contribution in [1.29, 1.82) is 0 Å². The number of nitrogens with one attached hydrogen (secondary N) is 1. The Bertz CT molecular complexity index is 1370. The molecule has 4 rings (SSSR count). The van der Waals surface area contributed by atoms with E-state index in [0.29, 0.717) is 18.0 Å². The number of carbonyl (C=O) groups excluding carboxylic acids is 1. The van der Waals surface area contributed by atoms with Gasteiger partial charge in [-0.2, -0.15) is 8.61 Å². The Hall–Kier alpha value is -2.99. The van der Waals surface area contributed by atoms with Crippen LogP contribution in [0.25, 0.3) is 0 Å². The molecule has 1 atom stereocenters. The predicted octanol–water partition coefficient (Wildman–Crippen LogP) is 3.67. The van der Waals surface area contributed by atoms with Crippen molar-refractivity contribution in [2.45, 2.75) is 48.6 Å². The van der Waals surface area contributed by atoms with Gasteiger partial charge in [-0.3, -0.25) is 4.79 Å². The fraction of sp³-hybridized carbons (Fsp3) is 0.320. The number of para-hydroxylation sites is 1. The van der Waals surface area contributed by atoms with Gasteiger partial charge in [0.2, 0.25) is 26.0 Å². The molecule has 1 aliphatic heterocycles. The second-order valence-corrected chi connectivity index (χ2v) is 12.5. The zero-order chi connectivity index (χ0) is 25.8. The molecule has 2 aromatic carbocycles. The molecule has 36 heavy (non-hydrogen) atoms. The van der Waals surface area contributed by atoms with E-state index < -0.39 is 32.5 Å². The Balaban J connectivity index is 1.57. The summed E-state index contributed by atoms with van der Waals surface area (Å²) in [5, 5.41) is 2.68. The Morgan fingerprint density at radius 1 is 0.972 bits per heavy atom. The first-order valence-electron chi connectivity index (χ1n) is 11.7. The first-order chi connectivity index (χ1) is 17.2. The number of benzene rings is 2. The number of nitrogens with zero attached hydrogens (tertiary/aromatic N) is 2. The highest BCUT2D eigenvalue weighted by Crippen LogP contribution is 2.27. The summed E-state index contributed by atoms with van der Waals surface area (Å²) in [6, 6.07) is 17.0. The van der Waals surface area contributed by atoms with Crippen LogP contribution in [0.3, 0.4) is 0 Å². The smallest absolute Gasteiger partial charge is 0.243 e. The third-order valence-corrected chi connectivity index (χ3v) is 9.93. The fourth-order valence-corrected chi connectivity index (χ4v) is 7.24. The van der Waals surface area contributed by atoms with Gasteiger partial charge >= 0.3 is 0 Å². The molecular formula is C25H29N3O6S2. The summed E-state index contributed by atoms with van der Waals surface area (Å²) >= 11 is 0. The standard InChI is InChI=1S/C25H29N3O6S2/c1-20-8-5-6-16-28(20)36(32,33)24-14-12-23(13-15-24)35(30,31)27(18-22-11-7-17-34-22)19-25(29)26-21-9-3-2-4-10-21/h2-4,7,9-15,17,20H,5-6,8,16,18-19H2,1H3,(H,26,29)/t20-/m0/s1. The molecule has 2 heterocycles. The number of hydrogen-bond donors (Lipinski definition) is 1. The van der Waals surface area contributed by atoms with Crippen molar-refractivity contribution < 1.29 is 26.0 Å². The van der Waals surface area contributed by atoms with Crippen molar-refractivity contribution in [2.75, 3.05) is 18.4 Å². The van der Waals surface area contributed by atoms with Gasteiger partial charge in [0, 0.05) is 18.3 Å². The van der Waals surface area contributed by atoms with Crippen LogP contribution in [0.1, 0.15) is 31.9 Å². The molecule has 0 unspecified atom stereocenters. The summed E-state index contributed by atoms with van der Waals surface area (Å²) < 4.78 is 61.0. The van der Waals surface area contributed by atoms with Crippen LogP contribution >= 0.6 is 0 Å². The largest absolute Gasteiger partial charge is 0.468 e. The predicted molar refractivity (Wildman–Crippen MR) is 135 cm³/mol. The van der Waals surface area contributed by atoms with E-state index in [9.17, 15) is 21.6 Å². The van der Waals surface area contributed by atoms with Crippen molar-refractivity contribution in [3.8, 4) is 0 Å². The number of carbonyl (C=O) groups is 1. The van der Waals surface area contributed by atoms with E-state index in [1.807, 2.05) is 6.92 Å². The lowest BCUT2D eigenvalue weighted by Gasteiger charge is -2.32. The third-order valence-electron chi connectivity index (χ3n) is 6.10. The first kappa shape index (κ1) is 26.1. The first-order valence-corrected chi connectivity index (χ1v) is 14.6. The van der Waals surface area contributed by atoms with Crippen molar-refractivity contribution >= 4 is 31.6 Å². The maximum atomic E-state index is 13.5. The summed E-state index contributed by atoms with van der Waals surface area (Å²) in [4.78, 5) is 12.6. The lowest BCUT2D eigenvalue weighted by molar-refractivity contribution is -0.116. The van der Waals surface area contributed by atoms with Gasteiger partial charge in [0.05, 0.1) is 29.1 Å². The van der Waals surface area contributed by atoms with Crippen LogP contribution in [-0.2, 0) is 31.4 Å². The highest BCUT2D eigenvalue weighted by atomic mass is 32.2. The zero-order valence-corrected chi connectivity index (χ0v) is 21.5. The molecule has 1 saturated heterocycles. The number of sulfonamides is 2. The van der Waals surface area contributed by atoms with Gasteiger partial charge in [0.15, 0.2) is 0 Å². The van der Waals surface area contributed by atoms with E-state index in [1.54, 1.807) is 42.5 Å². The van der Waals surface area contributed by atoms with Crippen molar-refractivity contribution in [2.24, 2.45) is 0 Å². The Morgan fingerprint density at radius 3 is 2.31 bits per heavy atom. The normalized spacial score (nSPS) is 17.2. The van der Waals surface area contributed by atoms with Crippen LogP contribution in [-0.4, -0.2) is 50.5 Å². The molecule has 0 bridgehead atoms. The summed E-state index contributed by atoms with van der Waals surface area (Å²) in [6.45, 7) is 1.70. The van der Waals surface area contributed by atoms with Crippen LogP contribution in [0.2, 0.25) is 0 Å². The average Bonchev–Trinajstić information content (AvgIpc) is 3.38. The fourth-order valence-electron chi connectivity index (χ4n) is 4.18. The van der Waals surface area contributed by atoms with E-state index in [1.165, 1.54) is 34.8 Å². The quantitative estimate of drug-likeness (QED) is 0.450. The summed E-state index contributed by atoms with van der Waals surface area (Å²) in [5.74, 6) is -0.154. The number of piperidine rings is 1. The van der Waals surface area contributed by atoms with Gasteiger partial charge in [-0.25, -0.2) is 16.8 Å². The Kier molecular flexibility index (Phi) is 7.94. The molecule has 1 amide bonds. The summed E-state index contributed by atoms with van der Waals surface area (Å²) in [7, 11) is -7.90. The summed E-state index contributed by atoms with van der Waals surface area (Å²) in [6.07, 6.45) is 3.99. The number of furan rings is 1. The van der Waals surface area contributed by atoms with E-state index in [-0.39, 0.29) is 22.4 Å². The minimum atomic E-state index is -4.16. The van der Waals surface area contributed by atoms with Gasteiger partial charge < -0.3 is 9.73 Å². The zero-order valence-electron chi connectivity index (χ0n) is 19.9. The maximum Gasteiger partial charge on any atom is 0.243 e. The topological polar surface area (TPSA) is 117 Å². The van der Waals surface area contributed by atoms with Crippen LogP contribution in [0, 0.1) is 0 Å². The van der Waals surface area contributed by atoms with E-state index in [4.69, 9.17) is 4.42 Å². The second kappa shape index (κ2) is 11.0. The van der Waals surface area contributed by atoms with Crippen molar-refractivity contribution in [1.82, 2.24) is 8.61 Å². The Labute approximate surface area is 211 Å². The lowest BCUT2D eigenvalue weighted by atomic mass is 10.1. The molecular weight excluding hydrogens is 502 g/mol.